The zero-order valence-corrected chi connectivity index (χ0v) is 11.6. The van der Waals surface area contributed by atoms with E-state index in [2.05, 4.69) is 0 Å². The monoisotopic (exact) mass is 262 g/mol. The van der Waals surface area contributed by atoms with Crippen LogP contribution in [0.25, 0.3) is 0 Å². The highest BCUT2D eigenvalue weighted by atomic mass is 32.2. The Balaban J connectivity index is 2.71. The molecule has 1 aliphatic rings. The van der Waals surface area contributed by atoms with Crippen molar-refractivity contribution < 1.29 is 13.2 Å². The minimum atomic E-state index is -2.95. The fraction of sp³-hybridized carbons (Fsp3) is 0.909. The van der Waals surface area contributed by atoms with Crippen molar-refractivity contribution in [3.8, 4) is 0 Å². The summed E-state index contributed by atoms with van der Waals surface area (Å²) in [6.07, 6.45) is 1.15. The molecular formula is C11H22N2O3S. The van der Waals surface area contributed by atoms with Crippen LogP contribution >= 0.6 is 0 Å². The first-order valence-corrected chi connectivity index (χ1v) is 7.69. The lowest BCUT2D eigenvalue weighted by Crippen LogP contribution is -2.45. The average Bonchev–Trinajstić information content (AvgIpc) is 2.56. The van der Waals surface area contributed by atoms with E-state index in [0.717, 1.165) is 0 Å². The Morgan fingerprint density at radius 1 is 1.47 bits per heavy atom. The average molecular weight is 262 g/mol. The second-order valence-corrected chi connectivity index (χ2v) is 7.62. The number of hydrogen-bond acceptors (Lipinski definition) is 4. The van der Waals surface area contributed by atoms with Gasteiger partial charge in [-0.2, -0.15) is 0 Å². The van der Waals surface area contributed by atoms with Gasteiger partial charge in [-0.3, -0.25) is 4.79 Å². The van der Waals surface area contributed by atoms with Crippen LogP contribution in [-0.2, 0) is 14.6 Å². The van der Waals surface area contributed by atoms with Crippen LogP contribution in [0.15, 0.2) is 0 Å². The molecule has 0 aromatic heterocycles. The molecule has 1 rings (SSSR count). The Hall–Kier alpha value is -0.620. The molecule has 5 nitrogen and oxygen atoms in total. The predicted molar refractivity (Wildman–Crippen MR) is 67.3 cm³/mol. The summed E-state index contributed by atoms with van der Waals surface area (Å²) in [6, 6.07) is -0.176. The van der Waals surface area contributed by atoms with Crippen LogP contribution < -0.4 is 5.73 Å². The lowest BCUT2D eigenvalue weighted by molar-refractivity contribution is -0.141. The zero-order valence-electron chi connectivity index (χ0n) is 10.8. The van der Waals surface area contributed by atoms with E-state index in [0.29, 0.717) is 19.4 Å². The summed E-state index contributed by atoms with van der Waals surface area (Å²) >= 11 is 0. The first kappa shape index (κ1) is 14.4. The van der Waals surface area contributed by atoms with Crippen LogP contribution in [0.5, 0.6) is 0 Å². The maximum absolute atomic E-state index is 12.2. The molecule has 100 valence electrons. The topological polar surface area (TPSA) is 80.5 Å². The van der Waals surface area contributed by atoms with E-state index in [4.69, 9.17) is 5.73 Å². The Morgan fingerprint density at radius 3 is 2.47 bits per heavy atom. The van der Waals surface area contributed by atoms with E-state index in [-0.39, 0.29) is 23.5 Å². The molecule has 1 unspecified atom stereocenters. The summed E-state index contributed by atoms with van der Waals surface area (Å²) < 4.78 is 22.8. The Kier molecular flexibility index (Phi) is 4.19. The Bertz CT molecular complexity index is 390. The largest absolute Gasteiger partial charge is 0.341 e. The van der Waals surface area contributed by atoms with Crippen molar-refractivity contribution in [2.75, 3.05) is 25.1 Å². The molecule has 2 N–H and O–H groups in total. The predicted octanol–water partition coefficient (Wildman–Crippen LogP) is 0.00690. The number of carbonyl (C=O) groups excluding carboxylic acids is 1. The fourth-order valence-corrected chi connectivity index (χ4v) is 3.97. The van der Waals surface area contributed by atoms with E-state index in [9.17, 15) is 13.2 Å². The second-order valence-electron chi connectivity index (χ2n) is 5.40. The molecule has 0 bridgehead atoms. The van der Waals surface area contributed by atoms with E-state index >= 15 is 0 Å². The van der Waals surface area contributed by atoms with Gasteiger partial charge in [-0.15, -0.1) is 0 Å². The summed E-state index contributed by atoms with van der Waals surface area (Å²) in [4.78, 5) is 13.8. The zero-order chi connectivity index (χ0) is 13.3. The number of hydrogen-bond donors (Lipinski definition) is 1. The lowest BCUT2D eigenvalue weighted by atomic mass is 9.87. The molecule has 0 aromatic carbocycles. The van der Waals surface area contributed by atoms with Crippen molar-refractivity contribution >= 4 is 15.7 Å². The summed E-state index contributed by atoms with van der Waals surface area (Å²) in [5.41, 5.74) is 4.96. The van der Waals surface area contributed by atoms with Gasteiger partial charge in [0.05, 0.1) is 11.5 Å². The number of nitrogens with zero attached hydrogens (tertiary/aromatic N) is 1. The second kappa shape index (κ2) is 4.94. The smallest absolute Gasteiger partial charge is 0.228 e. The van der Waals surface area contributed by atoms with Gasteiger partial charge in [-0.1, -0.05) is 13.8 Å². The van der Waals surface area contributed by atoms with Gasteiger partial charge in [0.25, 0.3) is 0 Å². The van der Waals surface area contributed by atoms with Crippen LogP contribution in [0.1, 0.15) is 26.7 Å². The van der Waals surface area contributed by atoms with Gasteiger partial charge in [-0.05, 0) is 19.4 Å². The molecule has 0 aromatic rings. The minimum Gasteiger partial charge on any atom is -0.341 e. The van der Waals surface area contributed by atoms with Gasteiger partial charge in [0.2, 0.25) is 5.91 Å². The normalized spacial score (nSPS) is 23.6. The van der Waals surface area contributed by atoms with Crippen LogP contribution in [0.4, 0.5) is 0 Å². The van der Waals surface area contributed by atoms with Crippen LogP contribution in [0.2, 0.25) is 0 Å². The number of amides is 1. The Labute approximate surface area is 103 Å². The fourth-order valence-electron chi connectivity index (χ4n) is 2.19. The highest BCUT2D eigenvalue weighted by Gasteiger charge is 2.37. The SMILES string of the molecule is CN(C(=O)C(C)(C)CCN)C1CCS(=O)(=O)C1. The third-order valence-corrected chi connectivity index (χ3v) is 5.18. The van der Waals surface area contributed by atoms with Crippen molar-refractivity contribution in [1.29, 1.82) is 0 Å². The van der Waals surface area contributed by atoms with Gasteiger partial charge in [-0.25, -0.2) is 8.42 Å². The van der Waals surface area contributed by atoms with Gasteiger partial charge in [0, 0.05) is 18.5 Å². The van der Waals surface area contributed by atoms with Gasteiger partial charge < -0.3 is 10.6 Å². The molecule has 0 aliphatic carbocycles. The van der Waals surface area contributed by atoms with Crippen molar-refractivity contribution in [2.45, 2.75) is 32.7 Å². The number of nitrogens with two attached hydrogens (primary N) is 1. The summed E-state index contributed by atoms with van der Waals surface area (Å²) in [7, 11) is -1.26. The molecule has 1 aliphatic heterocycles. The summed E-state index contributed by atoms with van der Waals surface area (Å²) in [5.74, 6) is 0.255. The first-order chi connectivity index (χ1) is 7.69. The third-order valence-electron chi connectivity index (χ3n) is 3.42. The molecule has 6 heteroatoms. The van der Waals surface area contributed by atoms with Gasteiger partial charge in [0.15, 0.2) is 9.84 Å². The highest BCUT2D eigenvalue weighted by Crippen LogP contribution is 2.26. The molecule has 0 spiro atoms. The number of sulfone groups is 1. The molecule has 0 radical (unpaired) electrons. The van der Waals surface area contributed by atoms with Crippen molar-refractivity contribution in [3.63, 3.8) is 0 Å². The van der Waals surface area contributed by atoms with Crippen LogP contribution in [-0.4, -0.2) is 50.4 Å². The van der Waals surface area contributed by atoms with E-state index in [1.165, 1.54) is 0 Å². The molecule has 17 heavy (non-hydrogen) atoms. The molecule has 1 atom stereocenters. The molecule has 1 amide bonds. The molecule has 0 saturated carbocycles. The minimum absolute atomic E-state index is 0.0231. The molecule has 1 fully saturated rings. The summed E-state index contributed by atoms with van der Waals surface area (Å²) in [5, 5.41) is 0. The van der Waals surface area contributed by atoms with Crippen molar-refractivity contribution in [2.24, 2.45) is 11.1 Å². The summed E-state index contributed by atoms with van der Waals surface area (Å²) in [6.45, 7) is 4.15. The maximum Gasteiger partial charge on any atom is 0.228 e. The standard InChI is InChI=1S/C11H22N2O3S/c1-11(2,5-6-12)10(14)13(3)9-4-7-17(15,16)8-9/h9H,4-8,12H2,1-3H3. The molecule has 1 heterocycles. The number of rotatable bonds is 4. The first-order valence-electron chi connectivity index (χ1n) is 5.87. The van der Waals surface area contributed by atoms with E-state index in [1.807, 2.05) is 13.8 Å². The highest BCUT2D eigenvalue weighted by molar-refractivity contribution is 7.91. The van der Waals surface area contributed by atoms with E-state index in [1.54, 1.807) is 11.9 Å². The van der Waals surface area contributed by atoms with E-state index < -0.39 is 15.3 Å². The van der Waals surface area contributed by atoms with Gasteiger partial charge >= 0.3 is 0 Å². The van der Waals surface area contributed by atoms with Crippen molar-refractivity contribution in [1.82, 2.24) is 4.90 Å². The number of carbonyl (C=O) groups is 1. The molecular weight excluding hydrogens is 240 g/mol. The van der Waals surface area contributed by atoms with Crippen LogP contribution in [0.3, 0.4) is 0 Å². The van der Waals surface area contributed by atoms with Crippen LogP contribution in [0, 0.1) is 5.41 Å². The van der Waals surface area contributed by atoms with Gasteiger partial charge in [0.1, 0.15) is 0 Å². The molecule has 1 saturated heterocycles. The quantitative estimate of drug-likeness (QED) is 0.773. The third kappa shape index (κ3) is 3.42. The Morgan fingerprint density at radius 2 is 2.06 bits per heavy atom. The maximum atomic E-state index is 12.2. The van der Waals surface area contributed by atoms with Crippen molar-refractivity contribution in [3.05, 3.63) is 0 Å². The lowest BCUT2D eigenvalue weighted by Gasteiger charge is -2.32.